The van der Waals surface area contributed by atoms with E-state index in [1.54, 1.807) is 14.1 Å². The van der Waals surface area contributed by atoms with E-state index in [1.165, 1.54) is 23.1 Å². The smallest absolute Gasteiger partial charge is 0.255 e. The van der Waals surface area contributed by atoms with Crippen molar-refractivity contribution in [3.05, 3.63) is 28.8 Å². The molecule has 0 unspecified atom stereocenters. The number of halogens is 1. The summed E-state index contributed by atoms with van der Waals surface area (Å²) in [4.78, 5) is 13.8. The lowest BCUT2D eigenvalue weighted by Crippen LogP contribution is -2.33. The van der Waals surface area contributed by atoms with Crippen LogP contribution in [0.2, 0.25) is 5.02 Å². The van der Waals surface area contributed by atoms with Gasteiger partial charge in [-0.05, 0) is 25.2 Å². The molecule has 20 heavy (non-hydrogen) atoms. The molecule has 0 heterocycles. The topological polar surface area (TPSA) is 78.5 Å². The molecule has 0 aliphatic rings. The Bertz CT molecular complexity index is 590. The molecule has 0 aromatic heterocycles. The van der Waals surface area contributed by atoms with Crippen molar-refractivity contribution in [2.24, 2.45) is 0 Å². The van der Waals surface area contributed by atoms with E-state index in [1.807, 2.05) is 0 Å². The van der Waals surface area contributed by atoms with E-state index in [0.29, 0.717) is 18.1 Å². The fraction of sp³-hybridized carbons (Fsp3) is 0.417. The lowest BCUT2D eigenvalue weighted by atomic mass is 10.1. The second-order valence-electron chi connectivity index (χ2n) is 4.39. The Morgan fingerprint density at radius 1 is 1.40 bits per heavy atom. The second kappa shape index (κ2) is 6.92. The summed E-state index contributed by atoms with van der Waals surface area (Å²) in [5.41, 5.74) is 0.444. The number of carbonyl (C=O) groups is 1. The molecule has 1 aromatic rings. The first-order chi connectivity index (χ1) is 9.24. The van der Waals surface area contributed by atoms with Crippen molar-refractivity contribution in [1.82, 2.24) is 10.2 Å². The summed E-state index contributed by atoms with van der Waals surface area (Å²) in [7, 11) is -0.0351. The summed E-state index contributed by atoms with van der Waals surface area (Å²) < 4.78 is 25.0. The van der Waals surface area contributed by atoms with Crippen molar-refractivity contribution in [1.29, 1.82) is 0 Å². The highest BCUT2D eigenvalue weighted by Crippen LogP contribution is 2.22. The molecule has 1 rings (SSSR count). The maximum Gasteiger partial charge on any atom is 0.255 e. The molecule has 0 bridgehead atoms. The normalized spacial score (nSPS) is 11.2. The van der Waals surface area contributed by atoms with Gasteiger partial charge in [0.1, 0.15) is 0 Å². The Labute approximate surface area is 124 Å². The van der Waals surface area contributed by atoms with Crippen LogP contribution in [-0.4, -0.2) is 52.7 Å². The molecule has 112 valence electrons. The molecular weight excluding hydrogens is 302 g/mol. The number of likely N-dealkylation sites (N-methyl/N-ethyl adjacent to an activating group) is 2. The van der Waals surface area contributed by atoms with Gasteiger partial charge in [0.25, 0.3) is 5.91 Å². The summed E-state index contributed by atoms with van der Waals surface area (Å²) in [5.74, 6) is -0.297. The predicted molar refractivity (Wildman–Crippen MR) is 80.8 cm³/mol. The lowest BCUT2D eigenvalue weighted by Gasteiger charge is -2.19. The average Bonchev–Trinajstić information content (AvgIpc) is 2.35. The monoisotopic (exact) mass is 319 g/mol. The summed E-state index contributed by atoms with van der Waals surface area (Å²) in [5, 5.41) is 3.31. The van der Waals surface area contributed by atoms with E-state index in [-0.39, 0.29) is 17.2 Å². The van der Waals surface area contributed by atoms with Gasteiger partial charge in [0.05, 0.1) is 17.5 Å². The van der Waals surface area contributed by atoms with Crippen LogP contribution in [-0.2, 0) is 10.0 Å². The summed E-state index contributed by atoms with van der Waals surface area (Å²) in [6.07, 6.45) is 1.03. The molecule has 0 aliphatic heterocycles. The molecule has 0 aliphatic carbocycles. The first-order valence-electron chi connectivity index (χ1n) is 5.92. The number of sulfonamides is 1. The highest BCUT2D eigenvalue weighted by atomic mass is 35.5. The van der Waals surface area contributed by atoms with Crippen LogP contribution in [0.15, 0.2) is 18.2 Å². The number of anilines is 1. The summed E-state index contributed by atoms with van der Waals surface area (Å²) in [6, 6.07) is 4.45. The van der Waals surface area contributed by atoms with Gasteiger partial charge >= 0.3 is 0 Å². The van der Waals surface area contributed by atoms with Crippen molar-refractivity contribution in [3.63, 3.8) is 0 Å². The third-order valence-electron chi connectivity index (χ3n) is 2.55. The van der Waals surface area contributed by atoms with Crippen LogP contribution >= 0.6 is 11.6 Å². The molecule has 0 saturated heterocycles. The molecule has 0 saturated carbocycles. The molecule has 8 heteroatoms. The predicted octanol–water partition coefficient (Wildman–Crippen LogP) is 1.00. The van der Waals surface area contributed by atoms with E-state index < -0.39 is 10.0 Å². The molecule has 6 nitrogen and oxygen atoms in total. The molecule has 0 spiro atoms. The fourth-order valence-corrected chi connectivity index (χ4v) is 2.32. The maximum absolute atomic E-state index is 12.3. The Balaban J connectivity index is 3.08. The number of hydrogen-bond acceptors (Lipinski definition) is 4. The van der Waals surface area contributed by atoms with Gasteiger partial charge in [-0.3, -0.25) is 9.52 Å². The molecule has 0 fully saturated rings. The highest BCUT2D eigenvalue weighted by molar-refractivity contribution is 7.92. The van der Waals surface area contributed by atoms with Crippen LogP contribution in [0.25, 0.3) is 0 Å². The van der Waals surface area contributed by atoms with Crippen molar-refractivity contribution < 1.29 is 13.2 Å². The van der Waals surface area contributed by atoms with Crippen LogP contribution in [0.1, 0.15) is 10.4 Å². The van der Waals surface area contributed by atoms with Gasteiger partial charge in [-0.1, -0.05) is 11.6 Å². The van der Waals surface area contributed by atoms with Gasteiger partial charge in [-0.2, -0.15) is 0 Å². The number of nitrogens with one attached hydrogen (secondary N) is 2. The third kappa shape index (κ3) is 4.99. The van der Waals surface area contributed by atoms with Crippen molar-refractivity contribution in [2.45, 2.75) is 0 Å². The van der Waals surface area contributed by atoms with Crippen LogP contribution in [0.3, 0.4) is 0 Å². The fourth-order valence-electron chi connectivity index (χ4n) is 1.57. The minimum absolute atomic E-state index is 0.221. The van der Waals surface area contributed by atoms with E-state index in [4.69, 9.17) is 11.6 Å². The second-order valence-corrected chi connectivity index (χ2v) is 6.58. The zero-order chi connectivity index (χ0) is 15.3. The quantitative estimate of drug-likeness (QED) is 0.820. The largest absolute Gasteiger partial charge is 0.340 e. The van der Waals surface area contributed by atoms with E-state index in [9.17, 15) is 13.2 Å². The molecule has 1 amide bonds. The number of benzene rings is 1. The summed E-state index contributed by atoms with van der Waals surface area (Å²) in [6.45, 7) is 1.14. The van der Waals surface area contributed by atoms with Crippen LogP contribution in [0.5, 0.6) is 0 Å². The molecule has 0 atom stereocenters. The molecule has 1 aromatic carbocycles. The number of nitrogens with zero attached hydrogens (tertiary/aromatic N) is 1. The molecule has 0 radical (unpaired) electrons. The van der Waals surface area contributed by atoms with E-state index in [0.717, 1.165) is 6.26 Å². The Kier molecular flexibility index (Phi) is 5.79. The van der Waals surface area contributed by atoms with Crippen molar-refractivity contribution in [2.75, 3.05) is 38.2 Å². The maximum atomic E-state index is 12.3. The zero-order valence-electron chi connectivity index (χ0n) is 11.6. The zero-order valence-corrected chi connectivity index (χ0v) is 13.2. The van der Waals surface area contributed by atoms with Crippen molar-refractivity contribution >= 4 is 33.2 Å². The first-order valence-corrected chi connectivity index (χ1v) is 8.19. The minimum Gasteiger partial charge on any atom is -0.340 e. The first kappa shape index (κ1) is 16.7. The van der Waals surface area contributed by atoms with Crippen LogP contribution in [0.4, 0.5) is 5.69 Å². The van der Waals surface area contributed by atoms with Gasteiger partial charge < -0.3 is 10.2 Å². The standard InChI is InChI=1S/C12H18ClN3O3S/c1-14-6-7-16(2)12(17)10-8-9(13)4-5-11(10)15-20(3,18)19/h4-5,8,14-15H,6-7H2,1-3H3. The molecular formula is C12H18ClN3O3S. The molecule has 2 N–H and O–H groups in total. The van der Waals surface area contributed by atoms with Gasteiger partial charge in [-0.15, -0.1) is 0 Å². The summed E-state index contributed by atoms with van der Waals surface area (Å²) >= 11 is 5.88. The lowest BCUT2D eigenvalue weighted by molar-refractivity contribution is 0.0798. The number of hydrogen-bond donors (Lipinski definition) is 2. The highest BCUT2D eigenvalue weighted by Gasteiger charge is 2.18. The van der Waals surface area contributed by atoms with Gasteiger partial charge in [0, 0.05) is 25.2 Å². The Morgan fingerprint density at radius 2 is 2.05 bits per heavy atom. The Morgan fingerprint density at radius 3 is 2.60 bits per heavy atom. The third-order valence-corrected chi connectivity index (χ3v) is 3.38. The average molecular weight is 320 g/mol. The van der Waals surface area contributed by atoms with Crippen molar-refractivity contribution in [3.8, 4) is 0 Å². The van der Waals surface area contributed by atoms with E-state index >= 15 is 0 Å². The van der Waals surface area contributed by atoms with E-state index in [2.05, 4.69) is 10.0 Å². The SMILES string of the molecule is CNCCN(C)C(=O)c1cc(Cl)ccc1NS(C)(=O)=O. The Hall–Kier alpha value is -1.31. The van der Waals surface area contributed by atoms with Crippen LogP contribution in [0, 0.1) is 0 Å². The minimum atomic E-state index is -3.46. The number of rotatable bonds is 6. The van der Waals surface area contributed by atoms with Gasteiger partial charge in [0.2, 0.25) is 10.0 Å². The number of carbonyl (C=O) groups excluding carboxylic acids is 1. The van der Waals surface area contributed by atoms with Gasteiger partial charge in [0.15, 0.2) is 0 Å². The van der Waals surface area contributed by atoms with Crippen LogP contribution < -0.4 is 10.0 Å². The number of amides is 1. The van der Waals surface area contributed by atoms with Gasteiger partial charge in [-0.25, -0.2) is 8.42 Å².